The molecule has 0 saturated carbocycles. The number of nitrogens with zero attached hydrogens (tertiary/aromatic N) is 2. The molecule has 1 aliphatic rings. The molecule has 1 unspecified atom stereocenters. The van der Waals surface area contributed by atoms with Crippen molar-refractivity contribution < 1.29 is 29.2 Å². The predicted molar refractivity (Wildman–Crippen MR) is 91.6 cm³/mol. The van der Waals surface area contributed by atoms with Crippen molar-refractivity contribution >= 4 is 23.5 Å². The summed E-state index contributed by atoms with van der Waals surface area (Å²) in [6.07, 6.45) is -0.536. The summed E-state index contributed by atoms with van der Waals surface area (Å²) in [4.78, 5) is 48.2. The Balaban J connectivity index is 2.09. The van der Waals surface area contributed by atoms with E-state index in [4.69, 9.17) is 4.74 Å². The Morgan fingerprint density at radius 2 is 1.85 bits per heavy atom. The quantitative estimate of drug-likeness (QED) is 0.470. The Bertz CT molecular complexity index is 953. The largest absolute Gasteiger partial charge is 0.497 e. The van der Waals surface area contributed by atoms with Crippen molar-refractivity contribution in [1.82, 2.24) is 4.90 Å². The maximum Gasteiger partial charge on any atom is 0.305 e. The maximum atomic E-state index is 12.8. The molecule has 2 aromatic carbocycles. The van der Waals surface area contributed by atoms with Gasteiger partial charge >= 0.3 is 5.97 Å². The molecule has 138 valence electrons. The number of amides is 2. The third kappa shape index (κ3) is 3.10. The fourth-order valence-electron chi connectivity index (χ4n) is 3.07. The monoisotopic (exact) mass is 370 g/mol. The highest BCUT2D eigenvalue weighted by atomic mass is 16.6. The van der Waals surface area contributed by atoms with E-state index in [9.17, 15) is 29.6 Å². The topological polar surface area (TPSA) is 127 Å². The van der Waals surface area contributed by atoms with E-state index in [1.807, 2.05) is 0 Å². The summed E-state index contributed by atoms with van der Waals surface area (Å²) in [5, 5.41) is 20.5. The van der Waals surface area contributed by atoms with Crippen LogP contribution in [-0.2, 0) is 4.79 Å². The fourth-order valence-corrected chi connectivity index (χ4v) is 3.07. The van der Waals surface area contributed by atoms with Crippen LogP contribution in [0.3, 0.4) is 0 Å². The van der Waals surface area contributed by atoms with Gasteiger partial charge in [0.05, 0.1) is 30.1 Å². The first-order valence-corrected chi connectivity index (χ1v) is 7.86. The minimum Gasteiger partial charge on any atom is -0.497 e. The third-order valence-electron chi connectivity index (χ3n) is 4.30. The molecule has 0 aromatic heterocycles. The number of carbonyl (C=O) groups excluding carboxylic acids is 2. The van der Waals surface area contributed by atoms with Crippen molar-refractivity contribution in [2.75, 3.05) is 7.11 Å². The van der Waals surface area contributed by atoms with Crippen LogP contribution in [-0.4, -0.2) is 39.8 Å². The zero-order valence-corrected chi connectivity index (χ0v) is 14.1. The van der Waals surface area contributed by atoms with Crippen molar-refractivity contribution in [3.05, 3.63) is 69.3 Å². The molecule has 0 radical (unpaired) electrons. The van der Waals surface area contributed by atoms with Gasteiger partial charge in [0, 0.05) is 6.07 Å². The van der Waals surface area contributed by atoms with Crippen LogP contribution in [0.2, 0.25) is 0 Å². The van der Waals surface area contributed by atoms with Gasteiger partial charge in [-0.2, -0.15) is 0 Å². The standard InChI is InChI=1S/C18H14N2O7/c1-27-11-7-5-10(6-8-11)14(9-15(21)22)19-17(23)12-3-2-4-13(20(25)26)16(12)18(19)24/h2-8,14H,9H2,1H3,(H,21,22). The number of hydrogen-bond donors (Lipinski definition) is 1. The number of carboxylic acids is 1. The van der Waals surface area contributed by atoms with Gasteiger partial charge in [0.1, 0.15) is 11.3 Å². The summed E-state index contributed by atoms with van der Waals surface area (Å²) >= 11 is 0. The normalized spacial score (nSPS) is 14.0. The molecule has 27 heavy (non-hydrogen) atoms. The maximum absolute atomic E-state index is 12.8. The molecular weight excluding hydrogens is 356 g/mol. The molecule has 0 spiro atoms. The van der Waals surface area contributed by atoms with Crippen molar-refractivity contribution in [1.29, 1.82) is 0 Å². The first kappa shape index (κ1) is 18.1. The molecule has 1 aliphatic heterocycles. The van der Waals surface area contributed by atoms with Gasteiger partial charge in [-0.05, 0) is 23.8 Å². The average molecular weight is 370 g/mol. The number of methoxy groups -OCH3 is 1. The zero-order valence-electron chi connectivity index (χ0n) is 14.1. The lowest BCUT2D eigenvalue weighted by atomic mass is 10.0. The van der Waals surface area contributed by atoms with E-state index in [0.29, 0.717) is 11.3 Å². The number of rotatable bonds is 6. The van der Waals surface area contributed by atoms with Gasteiger partial charge in [0.25, 0.3) is 17.5 Å². The fraction of sp³-hybridized carbons (Fsp3) is 0.167. The number of nitro groups is 1. The molecule has 9 nitrogen and oxygen atoms in total. The minimum atomic E-state index is -1.22. The van der Waals surface area contributed by atoms with E-state index >= 15 is 0 Å². The van der Waals surface area contributed by atoms with E-state index in [2.05, 4.69) is 0 Å². The van der Waals surface area contributed by atoms with Crippen LogP contribution in [0.25, 0.3) is 0 Å². The summed E-state index contributed by atoms with van der Waals surface area (Å²) in [6, 6.07) is 8.89. The lowest BCUT2D eigenvalue weighted by molar-refractivity contribution is -0.385. The Hall–Kier alpha value is -3.75. The van der Waals surface area contributed by atoms with Gasteiger partial charge in [-0.15, -0.1) is 0 Å². The van der Waals surface area contributed by atoms with Crippen LogP contribution in [0.1, 0.15) is 38.7 Å². The Labute approximate surface area is 152 Å². The van der Waals surface area contributed by atoms with Gasteiger partial charge < -0.3 is 9.84 Å². The molecule has 9 heteroatoms. The number of hydrogen-bond acceptors (Lipinski definition) is 6. The zero-order chi connectivity index (χ0) is 19.7. The van der Waals surface area contributed by atoms with Crippen LogP contribution in [0, 0.1) is 10.1 Å². The molecule has 2 amide bonds. The van der Waals surface area contributed by atoms with Crippen molar-refractivity contribution in [2.24, 2.45) is 0 Å². The van der Waals surface area contributed by atoms with E-state index in [0.717, 1.165) is 11.0 Å². The SMILES string of the molecule is COc1ccc(C(CC(=O)O)N2C(=O)c3cccc([N+](=O)[O-])c3C2=O)cc1. The molecule has 0 bridgehead atoms. The number of aliphatic carboxylic acids is 1. The van der Waals surface area contributed by atoms with Gasteiger partial charge in [-0.25, -0.2) is 0 Å². The van der Waals surface area contributed by atoms with E-state index in [-0.39, 0.29) is 11.1 Å². The first-order chi connectivity index (χ1) is 12.8. The van der Waals surface area contributed by atoms with Gasteiger partial charge in [0.2, 0.25) is 0 Å². The van der Waals surface area contributed by atoms with Crippen LogP contribution in [0.4, 0.5) is 5.69 Å². The summed E-state index contributed by atoms with van der Waals surface area (Å²) < 4.78 is 5.05. The van der Waals surface area contributed by atoms with Crippen molar-refractivity contribution in [3.63, 3.8) is 0 Å². The van der Waals surface area contributed by atoms with Crippen LogP contribution >= 0.6 is 0 Å². The second kappa shape index (κ2) is 6.87. The Morgan fingerprint density at radius 3 is 2.41 bits per heavy atom. The highest BCUT2D eigenvalue weighted by Gasteiger charge is 2.45. The molecule has 0 aliphatic carbocycles. The molecule has 1 heterocycles. The van der Waals surface area contributed by atoms with Gasteiger partial charge in [-0.1, -0.05) is 18.2 Å². The molecule has 0 saturated heterocycles. The summed E-state index contributed by atoms with van der Waals surface area (Å²) in [5.41, 5.74) is -0.526. The number of ether oxygens (including phenoxy) is 1. The second-order valence-electron chi connectivity index (χ2n) is 5.82. The summed E-state index contributed by atoms with van der Waals surface area (Å²) in [7, 11) is 1.47. The van der Waals surface area contributed by atoms with Crippen LogP contribution < -0.4 is 4.74 Å². The van der Waals surface area contributed by atoms with Crippen molar-refractivity contribution in [2.45, 2.75) is 12.5 Å². The Kier molecular flexibility index (Phi) is 4.59. The molecular formula is C18H14N2O7. The lowest BCUT2D eigenvalue weighted by Crippen LogP contribution is -2.35. The minimum absolute atomic E-state index is 0.113. The van der Waals surface area contributed by atoms with E-state index in [1.54, 1.807) is 24.3 Å². The number of carboxylic acid groups (broad SMARTS) is 1. The summed E-state index contributed by atoms with van der Waals surface area (Å²) in [6.45, 7) is 0. The average Bonchev–Trinajstić information content (AvgIpc) is 2.90. The number of nitro benzene ring substituents is 1. The molecule has 1 N–H and O–H groups in total. The predicted octanol–water partition coefficient (Wildman–Crippen LogP) is 2.42. The van der Waals surface area contributed by atoms with Gasteiger partial charge in [-0.3, -0.25) is 29.4 Å². The molecule has 0 fully saturated rings. The van der Waals surface area contributed by atoms with Gasteiger partial charge in [0.15, 0.2) is 0 Å². The Morgan fingerprint density at radius 1 is 1.19 bits per heavy atom. The van der Waals surface area contributed by atoms with E-state index in [1.165, 1.54) is 19.2 Å². The lowest BCUT2D eigenvalue weighted by Gasteiger charge is -2.25. The number of imide groups is 1. The molecule has 2 aromatic rings. The smallest absolute Gasteiger partial charge is 0.305 e. The number of fused-ring (bicyclic) bond motifs is 1. The molecule has 1 atom stereocenters. The number of benzene rings is 2. The highest BCUT2D eigenvalue weighted by molar-refractivity contribution is 6.23. The second-order valence-corrected chi connectivity index (χ2v) is 5.82. The number of carbonyl (C=O) groups is 3. The third-order valence-corrected chi connectivity index (χ3v) is 4.30. The van der Waals surface area contributed by atoms with E-state index < -0.39 is 40.9 Å². The van der Waals surface area contributed by atoms with Crippen LogP contribution in [0.5, 0.6) is 5.75 Å². The van der Waals surface area contributed by atoms with Crippen molar-refractivity contribution in [3.8, 4) is 5.75 Å². The summed E-state index contributed by atoms with van der Waals surface area (Å²) in [5.74, 6) is -2.35. The van der Waals surface area contributed by atoms with Crippen LogP contribution in [0.15, 0.2) is 42.5 Å². The molecule has 3 rings (SSSR count). The highest BCUT2D eigenvalue weighted by Crippen LogP contribution is 2.37. The first-order valence-electron chi connectivity index (χ1n) is 7.86.